The van der Waals surface area contributed by atoms with E-state index in [4.69, 9.17) is 24.2 Å². The van der Waals surface area contributed by atoms with Crippen LogP contribution in [0.4, 0.5) is 16.2 Å². The van der Waals surface area contributed by atoms with Crippen LogP contribution in [0.2, 0.25) is 0 Å². The van der Waals surface area contributed by atoms with E-state index in [1.54, 1.807) is 43.3 Å². The molecule has 5 N–H and O–H groups in total. The number of rotatable bonds is 5. The van der Waals surface area contributed by atoms with Crippen molar-refractivity contribution in [3.8, 4) is 17.2 Å². The Morgan fingerprint density at radius 2 is 1.71 bits per heavy atom. The second kappa shape index (κ2) is 20.4. The lowest BCUT2D eigenvalue weighted by atomic mass is 9.80. The third-order valence-corrected chi connectivity index (χ3v) is 14.9. The van der Waals surface area contributed by atoms with Crippen LogP contribution in [0.1, 0.15) is 110 Å². The number of aliphatic hydroxyl groups excluding tert-OH is 1. The van der Waals surface area contributed by atoms with Gasteiger partial charge in [0, 0.05) is 93.4 Å². The average Bonchev–Trinajstić information content (AvgIpc) is 3.83. The Kier molecular flexibility index (Phi) is 14.7. The Labute approximate surface area is 410 Å². The van der Waals surface area contributed by atoms with Crippen LogP contribution >= 0.6 is 0 Å². The van der Waals surface area contributed by atoms with Gasteiger partial charge in [0.05, 0.1) is 34.4 Å². The smallest absolute Gasteiger partial charge is 0.410 e. The highest BCUT2D eigenvalue weighted by Gasteiger charge is 2.50. The molecule has 9 rings (SSSR count). The fourth-order valence-electron chi connectivity index (χ4n) is 10.9. The van der Waals surface area contributed by atoms with E-state index < -0.39 is 53.1 Å². The first-order chi connectivity index (χ1) is 33.3. The van der Waals surface area contributed by atoms with Gasteiger partial charge in [0.15, 0.2) is 11.4 Å². The minimum Gasteiger partial charge on any atom is -0.507 e. The fourth-order valence-corrected chi connectivity index (χ4v) is 10.9. The molecular weight excluding hydrogens is 891 g/mol. The van der Waals surface area contributed by atoms with Gasteiger partial charge in [-0.3, -0.25) is 24.6 Å². The number of phenols is 2. The normalized spacial score (nSPS) is 29.4. The molecule has 70 heavy (non-hydrogen) atoms. The van der Waals surface area contributed by atoms with Gasteiger partial charge in [-0.25, -0.2) is 4.79 Å². The Morgan fingerprint density at radius 3 is 2.40 bits per heavy atom. The van der Waals surface area contributed by atoms with Crippen LogP contribution in [0.25, 0.3) is 10.8 Å². The quantitative estimate of drug-likeness (QED) is 0.156. The van der Waals surface area contributed by atoms with E-state index in [2.05, 4.69) is 34.4 Å². The molecule has 2 amide bonds. The predicted octanol–water partition coefficient (Wildman–Crippen LogP) is 7.70. The number of benzene rings is 2. The number of ketones is 1. The van der Waals surface area contributed by atoms with Crippen LogP contribution < -0.4 is 26.1 Å². The SMILES string of the molecule is C/C1=C/C=C/C(C)C[C@@H](C)C(O)[C@@H](C)C(OC(=O)N2CCC(Nc3cccnc3)CC2)[C@H](C)C/C=C/OC2(C)Oc3c(C)c(O)c4c(O)c(c5c(c4c3C2=O)=NC2(CCN(CC(C)C)CC2)N=5)NC1=O. The molecule has 1 spiro atoms. The topological polar surface area (TPSA) is 208 Å². The molecule has 6 aliphatic heterocycles. The van der Waals surface area contributed by atoms with Gasteiger partial charge in [-0.05, 0) is 81.4 Å². The second-order valence-corrected chi connectivity index (χ2v) is 21.1. The summed E-state index contributed by atoms with van der Waals surface area (Å²) in [5.41, 5.74) is 0.613. The first kappa shape index (κ1) is 50.4. The van der Waals surface area contributed by atoms with Gasteiger partial charge in [0.2, 0.25) is 0 Å². The van der Waals surface area contributed by atoms with Crippen LogP contribution in [0.3, 0.4) is 0 Å². The molecule has 7 heterocycles. The molecule has 0 aliphatic carbocycles. The number of phenolic OH excluding ortho intramolecular Hbond substituents is 2. The molecule has 2 aromatic carbocycles. The number of piperidine rings is 2. The van der Waals surface area contributed by atoms with Crippen molar-refractivity contribution in [1.29, 1.82) is 0 Å². The maximum absolute atomic E-state index is 14.8. The average molecular weight is 962 g/mol. The van der Waals surface area contributed by atoms with Crippen molar-refractivity contribution in [2.24, 2.45) is 39.6 Å². The molecule has 376 valence electrons. The Morgan fingerprint density at radius 1 is 1.00 bits per heavy atom. The highest BCUT2D eigenvalue weighted by Crippen LogP contribution is 2.50. The number of allylic oxidation sites excluding steroid dienone is 4. The molecule has 7 atom stereocenters. The van der Waals surface area contributed by atoms with Gasteiger partial charge >= 0.3 is 11.9 Å². The number of hydrogen-bond acceptors (Lipinski definition) is 14. The number of hydrogen-bond donors (Lipinski definition) is 5. The number of aliphatic hydroxyl groups is 1. The summed E-state index contributed by atoms with van der Waals surface area (Å²) in [6.45, 7) is 20.4. The van der Waals surface area contributed by atoms with E-state index in [1.165, 1.54) is 13.2 Å². The number of aromatic nitrogens is 1. The number of ether oxygens (including phenoxy) is 3. The molecule has 6 aliphatic rings. The lowest BCUT2D eigenvalue weighted by Gasteiger charge is -2.37. The first-order valence-corrected chi connectivity index (χ1v) is 25.1. The van der Waals surface area contributed by atoms with E-state index in [0.29, 0.717) is 50.3 Å². The number of nitrogens with one attached hydrogen (secondary N) is 2. The summed E-state index contributed by atoms with van der Waals surface area (Å²) in [5, 5.41) is 43.0. The summed E-state index contributed by atoms with van der Waals surface area (Å²) in [4.78, 5) is 61.5. The van der Waals surface area contributed by atoms with Crippen molar-refractivity contribution in [3.05, 3.63) is 82.5 Å². The minimum absolute atomic E-state index is 0.00459. The zero-order chi connectivity index (χ0) is 50.2. The number of Topliss-reactive ketones (excluding diaryl/α,β-unsaturated/α-hetero) is 1. The van der Waals surface area contributed by atoms with Crippen LogP contribution in [0.15, 0.2) is 70.7 Å². The maximum atomic E-state index is 14.8. The standard InChI is InChI=1S/C54H71N7O9/c1-30(2)29-60-24-19-54(20-25-60)58-42-39-40-46(63)36(8)49-41(39)50(65)53(9,70-49)68-26-12-15-32(4)48(69-52(67)61-22-17-37(18-23-61)56-38-16-11-21-55-28-38)35(7)45(62)34(6)27-31(3)13-10-14-33(5)51(66)57-44(47(40)64)43(42)59-54/h10-14,16,21,26,28,30-32,34-35,37,45,48,56,62-64H,15,17-20,22-25,27,29H2,1-9H3,(H,57,66)/b13-10+,26-12+,33-14-/t31?,32-,34-,35-,45?,48?,53?/m1/s1. The minimum atomic E-state index is -1.89. The molecular formula is C54H71N7O9. The van der Waals surface area contributed by atoms with Crippen LogP contribution in [-0.4, -0.2) is 110 Å². The van der Waals surface area contributed by atoms with Crippen LogP contribution in [-0.2, 0) is 14.3 Å². The molecule has 2 fully saturated rings. The Balaban J connectivity index is 1.13. The van der Waals surface area contributed by atoms with E-state index in [1.807, 2.05) is 52.0 Å². The summed E-state index contributed by atoms with van der Waals surface area (Å²) in [6.07, 6.45) is 13.7. The highest BCUT2D eigenvalue weighted by molar-refractivity contribution is 6.19. The van der Waals surface area contributed by atoms with Gasteiger partial charge < -0.3 is 50.0 Å². The largest absolute Gasteiger partial charge is 0.507 e. The lowest BCUT2D eigenvalue weighted by Crippen LogP contribution is -2.47. The zero-order valence-corrected chi connectivity index (χ0v) is 42.1. The number of amides is 2. The van der Waals surface area contributed by atoms with Crippen molar-refractivity contribution in [3.63, 3.8) is 0 Å². The Hall–Kier alpha value is -6.00. The van der Waals surface area contributed by atoms with Crippen molar-refractivity contribution >= 4 is 39.9 Å². The third kappa shape index (κ3) is 10.1. The van der Waals surface area contributed by atoms with Gasteiger partial charge in [-0.2, -0.15) is 0 Å². The number of carbonyl (C=O) groups is 3. The van der Waals surface area contributed by atoms with E-state index >= 15 is 0 Å². The summed E-state index contributed by atoms with van der Waals surface area (Å²) < 4.78 is 18.9. The van der Waals surface area contributed by atoms with E-state index in [0.717, 1.165) is 38.2 Å². The van der Waals surface area contributed by atoms with Gasteiger partial charge in [0.1, 0.15) is 28.6 Å². The van der Waals surface area contributed by atoms with Gasteiger partial charge in [-0.1, -0.05) is 59.8 Å². The van der Waals surface area contributed by atoms with Gasteiger partial charge in [-0.15, -0.1) is 0 Å². The predicted molar refractivity (Wildman–Crippen MR) is 267 cm³/mol. The van der Waals surface area contributed by atoms with E-state index in [-0.39, 0.29) is 73.6 Å². The van der Waals surface area contributed by atoms with Crippen LogP contribution in [0.5, 0.6) is 17.2 Å². The number of carbonyl (C=O) groups excluding carboxylic acids is 3. The number of aromatic hydroxyl groups is 2. The number of anilines is 2. The lowest BCUT2D eigenvalue weighted by molar-refractivity contribution is -0.112. The molecule has 4 unspecified atom stereocenters. The fraction of sp³-hybridized carbons (Fsp3) is 0.556. The molecule has 16 nitrogen and oxygen atoms in total. The molecule has 16 heteroatoms. The van der Waals surface area contributed by atoms with Crippen molar-refractivity contribution in [1.82, 2.24) is 14.8 Å². The number of pyridine rings is 1. The summed E-state index contributed by atoms with van der Waals surface area (Å²) >= 11 is 0. The first-order valence-electron chi connectivity index (χ1n) is 25.1. The number of likely N-dealkylation sites (tertiary alicyclic amines) is 2. The summed E-state index contributed by atoms with van der Waals surface area (Å²) in [6, 6.07) is 4.03. The molecule has 2 saturated heterocycles. The molecule has 0 saturated carbocycles. The molecule has 5 bridgehead atoms. The van der Waals surface area contributed by atoms with Crippen molar-refractivity contribution < 1.29 is 43.9 Å². The highest BCUT2D eigenvalue weighted by atomic mass is 16.7. The van der Waals surface area contributed by atoms with Crippen molar-refractivity contribution in [2.45, 2.75) is 131 Å². The maximum Gasteiger partial charge on any atom is 0.410 e. The summed E-state index contributed by atoms with van der Waals surface area (Å²) in [7, 11) is 0. The molecule has 1 aromatic heterocycles. The monoisotopic (exact) mass is 962 g/mol. The summed E-state index contributed by atoms with van der Waals surface area (Å²) in [5.74, 6) is -4.11. The second-order valence-electron chi connectivity index (χ2n) is 21.1. The van der Waals surface area contributed by atoms with Crippen LogP contribution in [0, 0.1) is 36.5 Å². The van der Waals surface area contributed by atoms with E-state index in [9.17, 15) is 29.7 Å². The molecule has 0 radical (unpaired) electrons. The zero-order valence-electron chi connectivity index (χ0n) is 42.1. The van der Waals surface area contributed by atoms with Gasteiger partial charge in [0.25, 0.3) is 11.7 Å². The van der Waals surface area contributed by atoms with Crippen molar-refractivity contribution in [2.75, 3.05) is 43.4 Å². The Bertz CT molecular complexity index is 2710. The molecule has 3 aromatic rings. The number of fused-ring (bicyclic) bond motifs is 13. The third-order valence-electron chi connectivity index (χ3n) is 14.9. The number of nitrogens with zero attached hydrogens (tertiary/aromatic N) is 5.